The van der Waals surface area contributed by atoms with Crippen LogP contribution in [-0.4, -0.2) is 21.3 Å². The van der Waals surface area contributed by atoms with Crippen LogP contribution in [0.3, 0.4) is 0 Å². The predicted molar refractivity (Wildman–Crippen MR) is 56.8 cm³/mol. The van der Waals surface area contributed by atoms with Crippen LogP contribution in [-0.2, 0) is 11.2 Å². The van der Waals surface area contributed by atoms with Crippen molar-refractivity contribution in [2.45, 2.75) is 19.8 Å². The Bertz CT molecular complexity index is 502. The number of fused-ring (bicyclic) bond motifs is 1. The van der Waals surface area contributed by atoms with E-state index in [2.05, 4.69) is 10.2 Å². The summed E-state index contributed by atoms with van der Waals surface area (Å²) < 4.78 is 0. The number of carbonyl (C=O) groups is 1. The first-order valence-corrected chi connectivity index (χ1v) is 4.82. The highest BCUT2D eigenvalue weighted by Crippen LogP contribution is 2.18. The average Bonchev–Trinajstić information content (AvgIpc) is 2.57. The van der Waals surface area contributed by atoms with Crippen molar-refractivity contribution in [3.8, 4) is 0 Å². The zero-order chi connectivity index (χ0) is 10.8. The molecular weight excluding hydrogens is 192 g/mol. The van der Waals surface area contributed by atoms with E-state index < -0.39 is 5.97 Å². The third-order valence-electron chi connectivity index (χ3n) is 2.38. The lowest BCUT2D eigenvalue weighted by Gasteiger charge is -1.95. The zero-order valence-corrected chi connectivity index (χ0v) is 8.45. The number of nitrogens with one attached hydrogen (secondary N) is 1. The molecular formula is C11H12N2O2. The van der Waals surface area contributed by atoms with E-state index >= 15 is 0 Å². The summed E-state index contributed by atoms with van der Waals surface area (Å²) in [6.45, 7) is 2.01. The highest BCUT2D eigenvalue weighted by molar-refractivity contribution is 5.82. The van der Waals surface area contributed by atoms with E-state index in [-0.39, 0.29) is 6.42 Å². The molecule has 78 valence electrons. The molecule has 2 aromatic rings. The third-order valence-corrected chi connectivity index (χ3v) is 2.38. The summed E-state index contributed by atoms with van der Waals surface area (Å²) in [5.74, 6) is -0.787. The van der Waals surface area contributed by atoms with Gasteiger partial charge in [-0.3, -0.25) is 9.89 Å². The van der Waals surface area contributed by atoms with Gasteiger partial charge in [0.05, 0.1) is 11.9 Å². The molecule has 15 heavy (non-hydrogen) atoms. The summed E-state index contributed by atoms with van der Waals surface area (Å²) in [6, 6.07) is 5.96. The molecule has 0 aliphatic heterocycles. The van der Waals surface area contributed by atoms with Crippen molar-refractivity contribution in [2.24, 2.45) is 0 Å². The van der Waals surface area contributed by atoms with Crippen LogP contribution in [0.25, 0.3) is 10.9 Å². The summed E-state index contributed by atoms with van der Waals surface area (Å²) in [5, 5.41) is 16.6. The van der Waals surface area contributed by atoms with Gasteiger partial charge in [0.25, 0.3) is 0 Å². The minimum atomic E-state index is -0.787. The van der Waals surface area contributed by atoms with Gasteiger partial charge in [0.15, 0.2) is 0 Å². The molecule has 2 N–H and O–H groups in total. The largest absolute Gasteiger partial charge is 0.481 e. The molecule has 0 amide bonds. The van der Waals surface area contributed by atoms with Crippen molar-refractivity contribution in [1.29, 1.82) is 0 Å². The second-order valence-electron chi connectivity index (χ2n) is 3.62. The Kier molecular flexibility index (Phi) is 2.41. The fourth-order valence-corrected chi connectivity index (χ4v) is 1.60. The molecule has 1 aromatic heterocycles. The summed E-state index contributed by atoms with van der Waals surface area (Å²) in [4.78, 5) is 10.5. The number of hydrogen-bond donors (Lipinski definition) is 2. The number of aromatic nitrogens is 2. The van der Waals surface area contributed by atoms with Gasteiger partial charge in [0, 0.05) is 17.5 Å². The zero-order valence-electron chi connectivity index (χ0n) is 8.45. The number of aryl methyl sites for hydroxylation is 2. The Balaban J connectivity index is 2.32. The van der Waals surface area contributed by atoms with Crippen molar-refractivity contribution < 1.29 is 9.90 Å². The number of aromatic amines is 1. The van der Waals surface area contributed by atoms with E-state index in [0.717, 1.165) is 22.2 Å². The maximum Gasteiger partial charge on any atom is 0.303 e. The Morgan fingerprint density at radius 1 is 1.53 bits per heavy atom. The monoisotopic (exact) mass is 204 g/mol. The number of carboxylic acids is 1. The van der Waals surface area contributed by atoms with Crippen LogP contribution in [0, 0.1) is 6.92 Å². The molecule has 0 spiro atoms. The Hall–Kier alpha value is -1.84. The van der Waals surface area contributed by atoms with Gasteiger partial charge in [0.2, 0.25) is 0 Å². The summed E-state index contributed by atoms with van der Waals surface area (Å²) >= 11 is 0. The predicted octanol–water partition coefficient (Wildman–Crippen LogP) is 1.89. The first-order valence-electron chi connectivity index (χ1n) is 4.82. The summed E-state index contributed by atoms with van der Waals surface area (Å²) in [7, 11) is 0. The van der Waals surface area contributed by atoms with Crippen LogP contribution in [0.4, 0.5) is 0 Å². The maximum absolute atomic E-state index is 10.5. The van der Waals surface area contributed by atoms with Gasteiger partial charge in [-0.05, 0) is 18.6 Å². The average molecular weight is 204 g/mol. The molecule has 0 aliphatic rings. The topological polar surface area (TPSA) is 66.0 Å². The second kappa shape index (κ2) is 3.73. The van der Waals surface area contributed by atoms with E-state index in [1.165, 1.54) is 0 Å². The van der Waals surface area contributed by atoms with E-state index in [0.29, 0.717) is 6.42 Å². The number of rotatable bonds is 3. The van der Waals surface area contributed by atoms with Crippen LogP contribution >= 0.6 is 0 Å². The number of aliphatic carboxylic acids is 1. The molecule has 0 aliphatic carbocycles. The van der Waals surface area contributed by atoms with E-state index in [4.69, 9.17) is 5.11 Å². The van der Waals surface area contributed by atoms with Crippen molar-refractivity contribution in [3.63, 3.8) is 0 Å². The van der Waals surface area contributed by atoms with Gasteiger partial charge in [-0.25, -0.2) is 0 Å². The van der Waals surface area contributed by atoms with Gasteiger partial charge in [0.1, 0.15) is 0 Å². The van der Waals surface area contributed by atoms with Gasteiger partial charge < -0.3 is 5.11 Å². The summed E-state index contributed by atoms with van der Waals surface area (Å²) in [5.41, 5.74) is 2.95. The highest BCUT2D eigenvalue weighted by Gasteiger charge is 2.06. The highest BCUT2D eigenvalue weighted by atomic mass is 16.4. The third kappa shape index (κ3) is 1.98. The first kappa shape index (κ1) is 9.71. The Labute approximate surface area is 86.9 Å². The minimum absolute atomic E-state index is 0.130. The van der Waals surface area contributed by atoms with E-state index in [9.17, 15) is 4.79 Å². The van der Waals surface area contributed by atoms with E-state index in [1.54, 1.807) is 0 Å². The molecule has 0 fully saturated rings. The van der Waals surface area contributed by atoms with Crippen molar-refractivity contribution in [1.82, 2.24) is 10.2 Å². The number of H-pyrrole nitrogens is 1. The lowest BCUT2D eigenvalue weighted by atomic mass is 10.1. The normalized spacial score (nSPS) is 10.7. The van der Waals surface area contributed by atoms with Crippen molar-refractivity contribution in [3.05, 3.63) is 29.5 Å². The molecule has 2 rings (SSSR count). The molecule has 4 heteroatoms. The molecule has 0 saturated carbocycles. The fraction of sp³-hybridized carbons (Fsp3) is 0.273. The van der Waals surface area contributed by atoms with Crippen molar-refractivity contribution >= 4 is 16.9 Å². The molecule has 0 radical (unpaired) electrons. The number of nitrogens with zero attached hydrogens (tertiary/aromatic N) is 1. The lowest BCUT2D eigenvalue weighted by molar-refractivity contribution is -0.136. The Morgan fingerprint density at radius 2 is 2.33 bits per heavy atom. The summed E-state index contributed by atoms with van der Waals surface area (Å²) in [6.07, 6.45) is 0.625. The number of benzene rings is 1. The SMILES string of the molecule is Cc1ccc2c(CCC(=O)O)[nH]nc2c1. The molecule has 0 atom stereocenters. The Morgan fingerprint density at radius 3 is 3.07 bits per heavy atom. The molecule has 1 heterocycles. The fourth-order valence-electron chi connectivity index (χ4n) is 1.60. The van der Waals surface area contributed by atoms with Gasteiger partial charge >= 0.3 is 5.97 Å². The molecule has 0 saturated heterocycles. The number of hydrogen-bond acceptors (Lipinski definition) is 2. The van der Waals surface area contributed by atoms with Gasteiger partial charge in [-0.15, -0.1) is 0 Å². The van der Waals surface area contributed by atoms with Crippen LogP contribution < -0.4 is 0 Å². The first-order chi connectivity index (χ1) is 7.16. The van der Waals surface area contributed by atoms with Gasteiger partial charge in [-0.1, -0.05) is 12.1 Å². The van der Waals surface area contributed by atoms with Gasteiger partial charge in [-0.2, -0.15) is 5.10 Å². The minimum Gasteiger partial charge on any atom is -0.481 e. The smallest absolute Gasteiger partial charge is 0.303 e. The van der Waals surface area contributed by atoms with Crippen molar-refractivity contribution in [2.75, 3.05) is 0 Å². The lowest BCUT2D eigenvalue weighted by Crippen LogP contribution is -1.97. The van der Waals surface area contributed by atoms with Crippen LogP contribution in [0.15, 0.2) is 18.2 Å². The molecule has 4 nitrogen and oxygen atoms in total. The van der Waals surface area contributed by atoms with Crippen LogP contribution in [0.1, 0.15) is 17.7 Å². The number of carboxylic acid groups (broad SMARTS) is 1. The molecule has 0 unspecified atom stereocenters. The standard InChI is InChI=1S/C11H12N2O2/c1-7-2-3-8-9(4-5-11(14)15)12-13-10(8)6-7/h2-3,6H,4-5H2,1H3,(H,12,13)(H,14,15). The molecule has 0 bridgehead atoms. The second-order valence-corrected chi connectivity index (χ2v) is 3.62. The van der Waals surface area contributed by atoms with Crippen LogP contribution in [0.5, 0.6) is 0 Å². The van der Waals surface area contributed by atoms with Crippen LogP contribution in [0.2, 0.25) is 0 Å². The molecule has 1 aromatic carbocycles. The quantitative estimate of drug-likeness (QED) is 0.802. The van der Waals surface area contributed by atoms with E-state index in [1.807, 2.05) is 25.1 Å². The maximum atomic E-state index is 10.5.